The van der Waals surface area contributed by atoms with Gasteiger partial charge in [0.25, 0.3) is 5.91 Å². The fourth-order valence-corrected chi connectivity index (χ4v) is 2.42. The van der Waals surface area contributed by atoms with E-state index >= 15 is 0 Å². The summed E-state index contributed by atoms with van der Waals surface area (Å²) in [5.74, 6) is -0.0342. The molecule has 1 amide bonds. The lowest BCUT2D eigenvalue weighted by Crippen LogP contribution is -2.27. The van der Waals surface area contributed by atoms with Crippen LogP contribution in [0.15, 0.2) is 24.3 Å². The van der Waals surface area contributed by atoms with Gasteiger partial charge in [0, 0.05) is 31.4 Å². The quantitative estimate of drug-likeness (QED) is 0.872. The van der Waals surface area contributed by atoms with E-state index in [1.54, 1.807) is 16.6 Å². The highest BCUT2D eigenvalue weighted by atomic mass is 35.5. The molecule has 0 aliphatic heterocycles. The first kappa shape index (κ1) is 14.6. The lowest BCUT2D eigenvalue weighted by atomic mass is 10.1. The van der Waals surface area contributed by atoms with Crippen LogP contribution in [0.1, 0.15) is 27.3 Å². The molecule has 1 aromatic carbocycles. The molecule has 1 heterocycles. The van der Waals surface area contributed by atoms with Crippen LogP contribution >= 0.6 is 11.6 Å². The summed E-state index contributed by atoms with van der Waals surface area (Å²) in [6, 6.07) is 7.55. The Kier molecular flexibility index (Phi) is 4.14. The Labute approximate surface area is 124 Å². The van der Waals surface area contributed by atoms with Crippen LogP contribution in [-0.2, 0) is 13.6 Å². The minimum Gasteiger partial charge on any atom is -0.337 e. The maximum atomic E-state index is 12.5. The highest BCUT2D eigenvalue weighted by Crippen LogP contribution is 2.19. The van der Waals surface area contributed by atoms with Gasteiger partial charge in [-0.2, -0.15) is 5.10 Å². The second kappa shape index (κ2) is 5.67. The standard InChI is InChI=1S/C15H18ClN3O/c1-10-14(11(2)19(4)17-10)15(20)18(3)9-12-7-5-6-8-13(12)16/h5-8H,9H2,1-4H3. The van der Waals surface area contributed by atoms with Crippen LogP contribution < -0.4 is 0 Å². The number of rotatable bonds is 3. The van der Waals surface area contributed by atoms with Crippen LogP contribution in [0.4, 0.5) is 0 Å². The minimum atomic E-state index is -0.0342. The summed E-state index contributed by atoms with van der Waals surface area (Å²) >= 11 is 6.13. The van der Waals surface area contributed by atoms with Crippen molar-refractivity contribution in [2.45, 2.75) is 20.4 Å². The molecule has 0 N–H and O–H groups in total. The van der Waals surface area contributed by atoms with Gasteiger partial charge in [-0.1, -0.05) is 29.8 Å². The van der Waals surface area contributed by atoms with Crippen molar-refractivity contribution >= 4 is 17.5 Å². The number of hydrogen-bond acceptors (Lipinski definition) is 2. The molecule has 106 valence electrons. The van der Waals surface area contributed by atoms with Crippen molar-refractivity contribution in [2.24, 2.45) is 7.05 Å². The third kappa shape index (κ3) is 2.70. The average Bonchev–Trinajstić information content (AvgIpc) is 2.65. The van der Waals surface area contributed by atoms with Crippen molar-refractivity contribution in [1.29, 1.82) is 0 Å². The van der Waals surface area contributed by atoms with Gasteiger partial charge in [-0.15, -0.1) is 0 Å². The van der Waals surface area contributed by atoms with Crippen molar-refractivity contribution < 1.29 is 4.79 Å². The summed E-state index contributed by atoms with van der Waals surface area (Å²) in [6.07, 6.45) is 0. The highest BCUT2D eigenvalue weighted by molar-refractivity contribution is 6.31. The van der Waals surface area contributed by atoms with Gasteiger partial charge in [0.1, 0.15) is 0 Å². The van der Waals surface area contributed by atoms with Crippen LogP contribution in [-0.4, -0.2) is 27.6 Å². The summed E-state index contributed by atoms with van der Waals surface area (Å²) in [5.41, 5.74) is 3.23. The first-order valence-corrected chi connectivity index (χ1v) is 6.78. The zero-order chi connectivity index (χ0) is 14.9. The monoisotopic (exact) mass is 291 g/mol. The van der Waals surface area contributed by atoms with E-state index < -0.39 is 0 Å². The molecular formula is C15H18ClN3O. The van der Waals surface area contributed by atoms with E-state index in [1.165, 1.54) is 0 Å². The Balaban J connectivity index is 2.23. The molecule has 2 rings (SSSR count). The summed E-state index contributed by atoms with van der Waals surface area (Å²) < 4.78 is 1.73. The third-order valence-corrected chi connectivity index (χ3v) is 3.80. The van der Waals surface area contributed by atoms with E-state index in [-0.39, 0.29) is 5.91 Å². The SMILES string of the molecule is Cc1nn(C)c(C)c1C(=O)N(C)Cc1ccccc1Cl. The summed E-state index contributed by atoms with van der Waals surface area (Å²) in [4.78, 5) is 14.2. The van der Waals surface area contributed by atoms with Gasteiger partial charge in [0.05, 0.1) is 11.3 Å². The second-order valence-electron chi connectivity index (χ2n) is 4.92. The van der Waals surface area contributed by atoms with Crippen molar-refractivity contribution in [1.82, 2.24) is 14.7 Å². The Hall–Kier alpha value is -1.81. The van der Waals surface area contributed by atoms with Gasteiger partial charge in [0.15, 0.2) is 0 Å². The molecule has 4 nitrogen and oxygen atoms in total. The number of halogens is 1. The van der Waals surface area contributed by atoms with E-state index in [9.17, 15) is 4.79 Å². The van der Waals surface area contributed by atoms with Crippen molar-refractivity contribution in [3.63, 3.8) is 0 Å². The molecule has 20 heavy (non-hydrogen) atoms. The highest BCUT2D eigenvalue weighted by Gasteiger charge is 2.21. The largest absolute Gasteiger partial charge is 0.337 e. The van der Waals surface area contributed by atoms with Gasteiger partial charge in [-0.25, -0.2) is 0 Å². The second-order valence-corrected chi connectivity index (χ2v) is 5.33. The third-order valence-electron chi connectivity index (χ3n) is 3.43. The van der Waals surface area contributed by atoms with Gasteiger partial charge in [-0.3, -0.25) is 9.48 Å². The average molecular weight is 292 g/mol. The smallest absolute Gasteiger partial charge is 0.257 e. The number of aromatic nitrogens is 2. The Morgan fingerprint density at radius 1 is 1.35 bits per heavy atom. The summed E-state index contributed by atoms with van der Waals surface area (Å²) in [6.45, 7) is 4.23. The summed E-state index contributed by atoms with van der Waals surface area (Å²) in [5, 5.41) is 4.95. The number of hydrogen-bond donors (Lipinski definition) is 0. The summed E-state index contributed by atoms with van der Waals surface area (Å²) in [7, 11) is 3.62. The molecule has 0 saturated heterocycles. The zero-order valence-corrected chi connectivity index (χ0v) is 12.9. The van der Waals surface area contributed by atoms with Crippen molar-refractivity contribution in [2.75, 3.05) is 7.05 Å². The van der Waals surface area contributed by atoms with E-state index in [0.717, 1.165) is 17.0 Å². The molecule has 1 aromatic heterocycles. The van der Waals surface area contributed by atoms with E-state index in [2.05, 4.69) is 5.10 Å². The molecule has 0 bridgehead atoms. The number of amides is 1. The molecule has 0 spiro atoms. The first-order chi connectivity index (χ1) is 9.41. The minimum absolute atomic E-state index is 0.0342. The molecule has 0 fully saturated rings. The molecule has 0 radical (unpaired) electrons. The topological polar surface area (TPSA) is 38.1 Å². The van der Waals surface area contributed by atoms with E-state index in [0.29, 0.717) is 17.1 Å². The van der Waals surface area contributed by atoms with Crippen LogP contribution in [0.3, 0.4) is 0 Å². The van der Waals surface area contributed by atoms with Crippen LogP contribution in [0, 0.1) is 13.8 Å². The van der Waals surface area contributed by atoms with E-state index in [1.807, 2.05) is 45.2 Å². The molecular weight excluding hydrogens is 274 g/mol. The lowest BCUT2D eigenvalue weighted by molar-refractivity contribution is 0.0783. The van der Waals surface area contributed by atoms with Crippen molar-refractivity contribution in [3.05, 3.63) is 51.8 Å². The first-order valence-electron chi connectivity index (χ1n) is 6.41. The molecule has 0 atom stereocenters. The zero-order valence-electron chi connectivity index (χ0n) is 12.1. The van der Waals surface area contributed by atoms with Crippen LogP contribution in [0.2, 0.25) is 5.02 Å². The number of carbonyl (C=O) groups excluding carboxylic acids is 1. The fourth-order valence-electron chi connectivity index (χ4n) is 2.23. The van der Waals surface area contributed by atoms with Gasteiger partial charge in [-0.05, 0) is 25.5 Å². The maximum absolute atomic E-state index is 12.5. The Morgan fingerprint density at radius 3 is 2.55 bits per heavy atom. The molecule has 5 heteroatoms. The van der Waals surface area contributed by atoms with Crippen molar-refractivity contribution in [3.8, 4) is 0 Å². The van der Waals surface area contributed by atoms with Crippen LogP contribution in [0.25, 0.3) is 0 Å². The predicted molar refractivity (Wildman–Crippen MR) is 79.9 cm³/mol. The number of carbonyl (C=O) groups is 1. The number of aryl methyl sites for hydroxylation is 2. The maximum Gasteiger partial charge on any atom is 0.257 e. The molecule has 0 saturated carbocycles. The van der Waals surface area contributed by atoms with Crippen LogP contribution in [0.5, 0.6) is 0 Å². The van der Waals surface area contributed by atoms with Gasteiger partial charge in [0.2, 0.25) is 0 Å². The normalized spacial score (nSPS) is 10.7. The van der Waals surface area contributed by atoms with Gasteiger partial charge >= 0.3 is 0 Å². The Bertz CT molecular complexity index is 649. The predicted octanol–water partition coefficient (Wildman–Crippen LogP) is 2.96. The van der Waals surface area contributed by atoms with E-state index in [4.69, 9.17) is 11.6 Å². The molecule has 0 unspecified atom stereocenters. The Morgan fingerprint density at radius 2 is 2.00 bits per heavy atom. The lowest BCUT2D eigenvalue weighted by Gasteiger charge is -2.18. The van der Waals surface area contributed by atoms with Gasteiger partial charge < -0.3 is 4.90 Å². The molecule has 0 aliphatic rings. The molecule has 0 aliphatic carbocycles. The fraction of sp³-hybridized carbons (Fsp3) is 0.333. The molecule has 2 aromatic rings. The number of nitrogens with zero attached hydrogens (tertiary/aromatic N) is 3. The number of benzene rings is 1.